The molecule has 0 aromatic heterocycles. The number of carbonyl (C=O) groups is 1. The number of primary amides is 1. The third-order valence-electron chi connectivity index (χ3n) is 3.27. The largest absolute Gasteiger partial charge is 0.368 e. The molecule has 0 saturated carbocycles. The molecule has 1 aliphatic heterocycles. The van der Waals surface area contributed by atoms with E-state index in [0.717, 1.165) is 30.6 Å². The Hall–Kier alpha value is -1.33. The molecule has 1 fully saturated rings. The van der Waals surface area contributed by atoms with Crippen LogP contribution in [-0.4, -0.2) is 28.5 Å². The van der Waals surface area contributed by atoms with E-state index in [0.29, 0.717) is 10.1 Å². The Morgan fingerprint density at radius 2 is 2.32 bits per heavy atom. The number of hydrogen-bond acceptors (Lipinski definition) is 2. The highest BCUT2D eigenvalue weighted by Crippen LogP contribution is 2.22. The van der Waals surface area contributed by atoms with Gasteiger partial charge in [0.25, 0.3) is 0 Å². The summed E-state index contributed by atoms with van der Waals surface area (Å²) in [5.41, 5.74) is 7.20. The molecule has 0 bridgehead atoms. The molecule has 2 rings (SSSR count). The van der Waals surface area contributed by atoms with Crippen LogP contribution in [0.2, 0.25) is 5.02 Å². The number of amides is 1. The molecule has 102 valence electrons. The SMILES string of the molecule is Cc1ccc(NC(=S)N2CCC[C@@H]2C(N)=O)cc1Cl. The van der Waals surface area contributed by atoms with Crippen LogP contribution >= 0.6 is 23.8 Å². The van der Waals surface area contributed by atoms with Gasteiger partial charge in [0.2, 0.25) is 5.91 Å². The van der Waals surface area contributed by atoms with Gasteiger partial charge >= 0.3 is 0 Å². The summed E-state index contributed by atoms with van der Waals surface area (Å²) in [7, 11) is 0. The van der Waals surface area contributed by atoms with E-state index in [1.807, 2.05) is 30.0 Å². The van der Waals surface area contributed by atoms with Crippen LogP contribution in [0.3, 0.4) is 0 Å². The second kappa shape index (κ2) is 5.75. The van der Waals surface area contributed by atoms with Crippen molar-refractivity contribution in [3.05, 3.63) is 28.8 Å². The van der Waals surface area contributed by atoms with Crippen LogP contribution in [-0.2, 0) is 4.79 Å². The number of thiocarbonyl (C=S) groups is 1. The fraction of sp³-hybridized carbons (Fsp3) is 0.385. The first-order chi connectivity index (χ1) is 8.99. The minimum absolute atomic E-state index is 0.305. The topological polar surface area (TPSA) is 58.4 Å². The molecule has 4 nitrogen and oxygen atoms in total. The Morgan fingerprint density at radius 1 is 1.58 bits per heavy atom. The first kappa shape index (κ1) is 14.1. The van der Waals surface area contributed by atoms with Crippen LogP contribution in [0.5, 0.6) is 0 Å². The standard InChI is InChI=1S/C13H16ClN3OS/c1-8-4-5-9(7-10(8)14)16-13(19)17-6-2-3-11(17)12(15)18/h4-5,7,11H,2-3,6H2,1H3,(H2,15,18)(H,16,19)/t11-/m1/s1. The smallest absolute Gasteiger partial charge is 0.240 e. The summed E-state index contributed by atoms with van der Waals surface area (Å²) >= 11 is 11.4. The molecule has 0 unspecified atom stereocenters. The molecular formula is C13H16ClN3OS. The lowest BCUT2D eigenvalue weighted by Gasteiger charge is -2.25. The van der Waals surface area contributed by atoms with Gasteiger partial charge in [-0.15, -0.1) is 0 Å². The number of likely N-dealkylation sites (tertiary alicyclic amines) is 1. The number of rotatable bonds is 2. The molecule has 1 amide bonds. The third-order valence-corrected chi connectivity index (χ3v) is 4.01. The fourth-order valence-corrected chi connectivity index (χ4v) is 2.69. The number of aryl methyl sites for hydroxylation is 1. The zero-order valence-corrected chi connectivity index (χ0v) is 12.2. The van der Waals surface area contributed by atoms with Crippen LogP contribution in [0, 0.1) is 6.92 Å². The number of anilines is 1. The number of nitrogens with one attached hydrogen (secondary N) is 1. The lowest BCUT2D eigenvalue weighted by molar-refractivity contribution is -0.121. The normalized spacial score (nSPS) is 18.4. The summed E-state index contributed by atoms with van der Waals surface area (Å²) in [4.78, 5) is 13.2. The van der Waals surface area contributed by atoms with Gasteiger partial charge in [-0.1, -0.05) is 17.7 Å². The Balaban J connectivity index is 2.08. The van der Waals surface area contributed by atoms with Crippen molar-refractivity contribution in [2.45, 2.75) is 25.8 Å². The van der Waals surface area contributed by atoms with E-state index in [4.69, 9.17) is 29.6 Å². The van der Waals surface area contributed by atoms with Crippen molar-refractivity contribution in [1.29, 1.82) is 0 Å². The minimum atomic E-state index is -0.330. The van der Waals surface area contributed by atoms with E-state index in [1.54, 1.807) is 0 Å². The first-order valence-corrected chi connectivity index (χ1v) is 6.91. The summed E-state index contributed by atoms with van der Waals surface area (Å²) in [6, 6.07) is 5.34. The Kier molecular flexibility index (Phi) is 4.27. The van der Waals surface area contributed by atoms with Gasteiger partial charge in [-0.25, -0.2) is 0 Å². The van der Waals surface area contributed by atoms with Crippen molar-refractivity contribution in [1.82, 2.24) is 4.90 Å². The van der Waals surface area contributed by atoms with E-state index in [-0.39, 0.29) is 11.9 Å². The van der Waals surface area contributed by atoms with E-state index in [9.17, 15) is 4.79 Å². The Morgan fingerprint density at radius 3 is 2.95 bits per heavy atom. The van der Waals surface area contributed by atoms with Gasteiger partial charge in [-0.05, 0) is 49.7 Å². The highest BCUT2D eigenvalue weighted by molar-refractivity contribution is 7.80. The number of halogens is 1. The average Bonchev–Trinajstić information content (AvgIpc) is 2.83. The molecular weight excluding hydrogens is 282 g/mol. The summed E-state index contributed by atoms with van der Waals surface area (Å²) in [5, 5.41) is 4.30. The second-order valence-corrected chi connectivity index (χ2v) is 5.44. The van der Waals surface area contributed by atoms with Crippen LogP contribution in [0.4, 0.5) is 5.69 Å². The van der Waals surface area contributed by atoms with Gasteiger partial charge in [0, 0.05) is 17.3 Å². The third kappa shape index (κ3) is 3.16. The van der Waals surface area contributed by atoms with Crippen LogP contribution in [0.25, 0.3) is 0 Å². The van der Waals surface area contributed by atoms with E-state index in [2.05, 4.69) is 5.32 Å². The lowest BCUT2D eigenvalue weighted by atomic mass is 10.2. The van der Waals surface area contributed by atoms with Crippen molar-refractivity contribution >= 4 is 40.5 Å². The van der Waals surface area contributed by atoms with E-state index in [1.165, 1.54) is 0 Å². The number of benzene rings is 1. The van der Waals surface area contributed by atoms with E-state index < -0.39 is 0 Å². The Labute approximate surface area is 122 Å². The molecule has 1 aliphatic rings. The molecule has 1 heterocycles. The predicted octanol–water partition coefficient (Wildman–Crippen LogP) is 2.29. The van der Waals surface area contributed by atoms with Gasteiger partial charge < -0.3 is 16.0 Å². The van der Waals surface area contributed by atoms with Gasteiger partial charge in [0.05, 0.1) is 0 Å². The van der Waals surface area contributed by atoms with Crippen molar-refractivity contribution in [3.8, 4) is 0 Å². The number of nitrogens with two attached hydrogens (primary N) is 1. The van der Waals surface area contributed by atoms with E-state index >= 15 is 0 Å². The highest BCUT2D eigenvalue weighted by atomic mass is 35.5. The second-order valence-electron chi connectivity index (χ2n) is 4.65. The number of nitrogens with zero attached hydrogens (tertiary/aromatic N) is 1. The van der Waals surface area contributed by atoms with Gasteiger partial charge in [0.15, 0.2) is 5.11 Å². The van der Waals surface area contributed by atoms with Crippen molar-refractivity contribution in [2.75, 3.05) is 11.9 Å². The maximum atomic E-state index is 11.3. The number of carbonyl (C=O) groups excluding carboxylic acids is 1. The fourth-order valence-electron chi connectivity index (χ4n) is 2.17. The van der Waals surface area contributed by atoms with Crippen molar-refractivity contribution in [3.63, 3.8) is 0 Å². The molecule has 19 heavy (non-hydrogen) atoms. The molecule has 1 saturated heterocycles. The molecule has 3 N–H and O–H groups in total. The summed E-state index contributed by atoms with van der Waals surface area (Å²) in [6.45, 7) is 2.69. The lowest BCUT2D eigenvalue weighted by Crippen LogP contribution is -2.45. The molecule has 0 spiro atoms. The zero-order chi connectivity index (χ0) is 14.0. The first-order valence-electron chi connectivity index (χ1n) is 6.12. The quantitative estimate of drug-likeness (QED) is 0.823. The maximum Gasteiger partial charge on any atom is 0.240 e. The Bertz CT molecular complexity index is 521. The monoisotopic (exact) mass is 297 g/mol. The minimum Gasteiger partial charge on any atom is -0.368 e. The average molecular weight is 298 g/mol. The van der Waals surface area contributed by atoms with Crippen LogP contribution in [0.1, 0.15) is 18.4 Å². The molecule has 0 aliphatic carbocycles. The molecule has 1 atom stereocenters. The maximum absolute atomic E-state index is 11.3. The zero-order valence-electron chi connectivity index (χ0n) is 10.6. The van der Waals surface area contributed by atoms with Crippen molar-refractivity contribution in [2.24, 2.45) is 5.73 Å². The molecule has 0 radical (unpaired) electrons. The highest BCUT2D eigenvalue weighted by Gasteiger charge is 2.30. The summed E-state index contributed by atoms with van der Waals surface area (Å²) in [5.74, 6) is -0.330. The summed E-state index contributed by atoms with van der Waals surface area (Å²) < 4.78 is 0. The molecule has 1 aromatic rings. The van der Waals surface area contributed by atoms with Crippen LogP contribution < -0.4 is 11.1 Å². The molecule has 1 aromatic carbocycles. The molecule has 6 heteroatoms. The van der Waals surface area contributed by atoms with Gasteiger partial charge in [0.1, 0.15) is 6.04 Å². The predicted molar refractivity (Wildman–Crippen MR) is 81.3 cm³/mol. The van der Waals surface area contributed by atoms with Crippen LogP contribution in [0.15, 0.2) is 18.2 Å². The number of hydrogen-bond donors (Lipinski definition) is 2. The summed E-state index contributed by atoms with van der Waals surface area (Å²) in [6.07, 6.45) is 1.68. The van der Waals surface area contributed by atoms with Crippen molar-refractivity contribution < 1.29 is 4.79 Å². The van der Waals surface area contributed by atoms with Gasteiger partial charge in [-0.2, -0.15) is 0 Å². The van der Waals surface area contributed by atoms with Gasteiger partial charge in [-0.3, -0.25) is 4.79 Å².